The maximum Gasteiger partial charge on any atom is 0.333 e. The van der Waals surface area contributed by atoms with E-state index in [-0.39, 0.29) is 53.4 Å². The third kappa shape index (κ3) is 12.5. The van der Waals surface area contributed by atoms with Gasteiger partial charge in [-0.05, 0) is 118 Å². The van der Waals surface area contributed by atoms with E-state index in [2.05, 4.69) is 13.0 Å². The summed E-state index contributed by atoms with van der Waals surface area (Å²) >= 11 is 0. The molecule has 8 fully saturated rings. The zero-order chi connectivity index (χ0) is 58.5. The van der Waals surface area contributed by atoms with Gasteiger partial charge in [-0.3, -0.25) is 4.79 Å². The van der Waals surface area contributed by atoms with Gasteiger partial charge in [0.1, 0.15) is 42.4 Å². The summed E-state index contributed by atoms with van der Waals surface area (Å²) in [5.74, 6) is -0.746. The first-order valence-corrected chi connectivity index (χ1v) is 30.2. The van der Waals surface area contributed by atoms with Gasteiger partial charge in [-0.15, -0.1) is 0 Å². The van der Waals surface area contributed by atoms with E-state index >= 15 is 0 Å². The van der Waals surface area contributed by atoms with Crippen molar-refractivity contribution in [1.29, 1.82) is 0 Å². The molecular formula is C61H98O20. The minimum Gasteiger partial charge on any atom is -0.458 e. The highest BCUT2D eigenvalue weighted by Gasteiger charge is 2.71. The summed E-state index contributed by atoms with van der Waals surface area (Å²) in [5.41, 5.74) is -0.462. The van der Waals surface area contributed by atoms with Gasteiger partial charge in [0.15, 0.2) is 31.5 Å². The third-order valence-corrected chi connectivity index (χ3v) is 21.0. The van der Waals surface area contributed by atoms with E-state index in [0.29, 0.717) is 63.4 Å². The van der Waals surface area contributed by atoms with Crippen LogP contribution in [-0.4, -0.2) is 198 Å². The molecule has 5 saturated heterocycles. The lowest BCUT2D eigenvalue weighted by Gasteiger charge is -2.63. The van der Waals surface area contributed by atoms with E-state index in [9.17, 15) is 19.8 Å². The van der Waals surface area contributed by atoms with Crippen molar-refractivity contribution in [3.8, 4) is 0 Å². The number of methoxy groups -OCH3 is 5. The zero-order valence-corrected chi connectivity index (χ0v) is 50.8. The largest absolute Gasteiger partial charge is 0.458 e. The standard InChI is InChI=1S/C61H98O20/c1-16-30(2)58(64)77-47-24-41-40(61(65)22-20-39(31(3)62)60(47,61)10)18-17-37-23-38(19-21-59(37,41)9)76-48-26-43(67-12)54(33(5)72-48)79-50-28-45(69-14)56(35(7)74-50)81-52-29-46(70-15)57(36(8)75-52)80-51-27-44(68-13)55(34(6)73-51)78-49-25-42(66-11)53(63)32(4)71-49/h16-17,32-36,38-57,63,65H,18-29H2,1-15H3/b30-16+/t32?,33?,34?,35?,36?,38?,39?,40?,41?,42-,43-,44-,45-,46-,47?,48+,49+,50+,51+,52+,53+,54+,55+,56+,57+,59?,60?,61?/m1/s1. The molecule has 9 rings (SSSR count). The summed E-state index contributed by atoms with van der Waals surface area (Å²) in [6.45, 7) is 19.1. The van der Waals surface area contributed by atoms with Crippen LogP contribution < -0.4 is 0 Å². The van der Waals surface area contributed by atoms with Gasteiger partial charge in [-0.2, -0.15) is 0 Å². The molecule has 20 heteroatoms. The number of carbonyl (C=O) groups excluding carboxylic acids is 2. The highest BCUT2D eigenvalue weighted by molar-refractivity contribution is 5.88. The second-order valence-electron chi connectivity index (χ2n) is 25.4. The van der Waals surface area contributed by atoms with E-state index in [0.717, 1.165) is 19.3 Å². The Morgan fingerprint density at radius 3 is 1.42 bits per heavy atom. The maximum absolute atomic E-state index is 13.4. The molecule has 0 aromatic rings. The number of fused-ring (bicyclic) bond motifs is 5. The van der Waals surface area contributed by atoms with E-state index in [4.69, 9.17) is 75.8 Å². The number of rotatable bonds is 18. The Balaban J connectivity index is 0.763. The first-order chi connectivity index (χ1) is 38.5. The second-order valence-corrected chi connectivity index (χ2v) is 25.4. The van der Waals surface area contributed by atoms with Crippen molar-refractivity contribution in [2.75, 3.05) is 35.5 Å². The Morgan fingerprint density at radius 1 is 0.580 bits per heavy atom. The molecule has 9 aliphatic rings. The molecule has 0 spiro atoms. The van der Waals surface area contributed by atoms with Gasteiger partial charge < -0.3 is 86.0 Å². The average molecular weight is 1150 g/mol. The lowest BCUT2D eigenvalue weighted by molar-refractivity contribution is -0.352. The maximum atomic E-state index is 13.4. The predicted molar refractivity (Wildman–Crippen MR) is 291 cm³/mol. The highest BCUT2D eigenvalue weighted by Crippen LogP contribution is 2.69. The Bertz CT molecular complexity index is 2200. The van der Waals surface area contributed by atoms with E-state index in [1.165, 1.54) is 5.57 Å². The number of Topliss-reactive ketones (excluding diaryl/α,β-unsaturated/α-hetero) is 1. The van der Waals surface area contributed by atoms with Crippen molar-refractivity contribution < 1.29 is 95.6 Å². The van der Waals surface area contributed by atoms with Crippen molar-refractivity contribution >= 4 is 11.8 Å². The molecule has 2 N–H and O–H groups in total. The first kappa shape index (κ1) is 63.4. The van der Waals surface area contributed by atoms with Crippen LogP contribution in [0.2, 0.25) is 0 Å². The minimum absolute atomic E-state index is 0.0391. The summed E-state index contributed by atoms with van der Waals surface area (Å²) in [4.78, 5) is 26.6. The molecule has 0 aromatic carbocycles. The van der Waals surface area contributed by atoms with Crippen molar-refractivity contribution in [2.45, 2.75) is 287 Å². The zero-order valence-electron chi connectivity index (χ0n) is 50.8. The topological polar surface area (TPSA) is 222 Å². The van der Waals surface area contributed by atoms with Crippen molar-refractivity contribution in [3.63, 3.8) is 0 Å². The molecule has 0 amide bonds. The summed E-state index contributed by atoms with van der Waals surface area (Å²) in [6.07, 6.45) is 0.391. The van der Waals surface area contributed by atoms with Crippen molar-refractivity contribution in [2.24, 2.45) is 28.6 Å². The molecular weight excluding hydrogens is 1050 g/mol. The molecule has 3 saturated carbocycles. The quantitative estimate of drug-likeness (QED) is 0.0819. The number of allylic oxidation sites excluding steroid dienone is 2. The van der Waals surface area contributed by atoms with Crippen LogP contribution in [-0.2, 0) is 85.4 Å². The van der Waals surface area contributed by atoms with Crippen LogP contribution in [0, 0.1) is 28.6 Å². The van der Waals surface area contributed by atoms with Gasteiger partial charge in [0.25, 0.3) is 0 Å². The van der Waals surface area contributed by atoms with E-state index in [1.807, 2.05) is 41.5 Å². The monoisotopic (exact) mass is 1150 g/mol. The molecule has 5 aliphatic heterocycles. The van der Waals surface area contributed by atoms with E-state index in [1.54, 1.807) is 62.4 Å². The number of hydrogen-bond acceptors (Lipinski definition) is 20. The lowest BCUT2D eigenvalue weighted by atomic mass is 9.45. The molecule has 0 aromatic heterocycles. The summed E-state index contributed by atoms with van der Waals surface area (Å²) in [7, 11) is 8.22. The molecule has 20 nitrogen and oxygen atoms in total. The number of carbonyl (C=O) groups is 2. The molecule has 0 bridgehead atoms. The van der Waals surface area contributed by atoms with Crippen LogP contribution in [0.1, 0.15) is 146 Å². The molecule has 5 heterocycles. The van der Waals surface area contributed by atoms with Gasteiger partial charge >= 0.3 is 5.97 Å². The number of ketones is 1. The Hall–Kier alpha value is -2.06. The summed E-state index contributed by atoms with van der Waals surface area (Å²) in [6, 6.07) is 0. The average Bonchev–Trinajstić information content (AvgIpc) is 2.06. The minimum atomic E-state index is -1.16. The Labute approximate surface area is 480 Å². The van der Waals surface area contributed by atoms with Crippen LogP contribution in [0.3, 0.4) is 0 Å². The number of hydrogen-bond donors (Lipinski definition) is 2. The van der Waals surface area contributed by atoms with Crippen molar-refractivity contribution in [3.05, 3.63) is 23.3 Å². The number of esters is 1. The summed E-state index contributed by atoms with van der Waals surface area (Å²) < 4.78 is 101. The van der Waals surface area contributed by atoms with Crippen molar-refractivity contribution in [1.82, 2.24) is 0 Å². The predicted octanol–water partition coefficient (Wildman–Crippen LogP) is 6.79. The van der Waals surface area contributed by atoms with Gasteiger partial charge in [-0.25, -0.2) is 4.79 Å². The highest BCUT2D eigenvalue weighted by atomic mass is 16.8. The van der Waals surface area contributed by atoms with Gasteiger partial charge in [0.2, 0.25) is 0 Å². The van der Waals surface area contributed by atoms with Crippen LogP contribution in [0.15, 0.2) is 23.3 Å². The SMILES string of the molecule is C/C=C(\C)C(=O)OC1CC2C(CC=C3CC(O[C@H]4C[C@@H](OC)[C@@H](O[C@H]5C[C@@H](OC)[C@@H](O[C@H]6C[C@@H](OC)[C@@H](O[C@H]7C[C@@H](OC)[C@@H](O[C@H]8C[C@@H](OC)[C@@H](O)C(C)O8)C(C)O7)C(C)O6)C(C)O5)C(C)O4)CCC32C)C2(O)CCC(C(C)=O)C12C. The van der Waals surface area contributed by atoms with Crippen LogP contribution >= 0.6 is 0 Å². The fraction of sp³-hybridized carbons (Fsp3) is 0.902. The lowest BCUT2D eigenvalue weighted by Crippen LogP contribution is -2.66. The summed E-state index contributed by atoms with van der Waals surface area (Å²) in [5, 5.41) is 23.4. The van der Waals surface area contributed by atoms with E-state index < -0.39 is 128 Å². The fourth-order valence-electron chi connectivity index (χ4n) is 16.1. The van der Waals surface area contributed by atoms with Crippen LogP contribution in [0.5, 0.6) is 0 Å². The molecule has 28 atom stereocenters. The Morgan fingerprint density at radius 2 is 1.00 bits per heavy atom. The fourth-order valence-corrected chi connectivity index (χ4v) is 16.1. The number of ether oxygens (including phenoxy) is 16. The van der Waals surface area contributed by atoms with Crippen LogP contribution in [0.25, 0.3) is 0 Å². The van der Waals surface area contributed by atoms with Gasteiger partial charge in [-0.1, -0.05) is 31.6 Å². The molecule has 4 aliphatic carbocycles. The van der Waals surface area contributed by atoms with Crippen LogP contribution in [0.4, 0.5) is 0 Å². The van der Waals surface area contributed by atoms with Gasteiger partial charge in [0, 0.05) is 84.6 Å². The second kappa shape index (κ2) is 26.1. The Kier molecular flexibility index (Phi) is 20.4. The number of aliphatic hydroxyl groups excluding tert-OH is 1. The number of aliphatic hydroxyl groups is 2. The molecule has 13 unspecified atom stereocenters. The normalized spacial score (nSPS) is 49.5. The van der Waals surface area contributed by atoms with Gasteiger partial charge in [0.05, 0.1) is 72.7 Å². The molecule has 462 valence electrons. The third-order valence-electron chi connectivity index (χ3n) is 21.0. The smallest absolute Gasteiger partial charge is 0.333 e. The molecule has 0 radical (unpaired) electrons. The molecule has 81 heavy (non-hydrogen) atoms. The first-order valence-electron chi connectivity index (χ1n) is 30.2.